The van der Waals surface area contributed by atoms with Gasteiger partial charge in [0.1, 0.15) is 0 Å². The molecule has 3 atom stereocenters. The fraction of sp³-hybridized carbons (Fsp3) is 0.556. The molecule has 6 nitrogen and oxygen atoms in total. The molecule has 16 heavy (non-hydrogen) atoms. The molecule has 0 bridgehead atoms. The monoisotopic (exact) mass is 291 g/mol. The molecule has 1 aliphatic heterocycles. The van der Waals surface area contributed by atoms with E-state index in [9.17, 15) is 9.90 Å². The maximum atomic E-state index is 11.0. The number of hydrogen-bond donors (Lipinski definition) is 2. The van der Waals surface area contributed by atoms with Crippen molar-refractivity contribution in [1.29, 1.82) is 0 Å². The first-order chi connectivity index (χ1) is 7.61. The Balaban J connectivity index is 2.23. The Bertz CT molecular complexity index is 436. The Morgan fingerprint density at radius 1 is 1.69 bits per heavy atom. The van der Waals surface area contributed by atoms with Gasteiger partial charge in [-0.25, -0.2) is 0 Å². The number of nitrogens with zero attached hydrogens (tertiary/aromatic N) is 2. The van der Waals surface area contributed by atoms with Crippen LogP contribution in [0.4, 0.5) is 0 Å². The number of aliphatic hydroxyl groups is 2. The number of aromatic nitrogens is 2. The molecule has 0 saturated carbocycles. The van der Waals surface area contributed by atoms with Crippen LogP contribution in [0.15, 0.2) is 17.1 Å². The van der Waals surface area contributed by atoms with E-state index in [4.69, 9.17) is 9.84 Å². The number of ether oxygens (including phenoxy) is 1. The Morgan fingerprint density at radius 3 is 3.00 bits per heavy atom. The van der Waals surface area contributed by atoms with Gasteiger partial charge in [-0.3, -0.25) is 0 Å². The predicted molar refractivity (Wildman–Crippen MR) is 55.5 cm³/mol. The molecule has 0 aromatic carbocycles. The molecule has 2 N–H and O–H groups in total. The summed E-state index contributed by atoms with van der Waals surface area (Å²) < 4.78 is 7.46. The SMILES string of the molecule is O=c1ccn([C@H]2C[C@H](O)[C@@H](CO)O2)c([Se])n1. The fourth-order valence-corrected chi connectivity index (χ4v) is 2.23. The van der Waals surface area contributed by atoms with Crippen molar-refractivity contribution in [2.24, 2.45) is 0 Å². The molecule has 1 saturated heterocycles. The second kappa shape index (κ2) is 4.65. The van der Waals surface area contributed by atoms with E-state index in [2.05, 4.69) is 21.0 Å². The third kappa shape index (κ3) is 2.18. The molecule has 0 aliphatic carbocycles. The van der Waals surface area contributed by atoms with Crippen molar-refractivity contribution in [2.45, 2.75) is 24.9 Å². The van der Waals surface area contributed by atoms with Gasteiger partial charge in [0.2, 0.25) is 0 Å². The second-order valence-corrected chi connectivity index (χ2v) is 4.34. The summed E-state index contributed by atoms with van der Waals surface area (Å²) in [5.41, 5.74) is -0.331. The molecule has 2 heterocycles. The topological polar surface area (TPSA) is 84.6 Å². The number of hydrogen-bond acceptors (Lipinski definition) is 5. The fourth-order valence-electron chi connectivity index (χ4n) is 1.67. The van der Waals surface area contributed by atoms with Crippen LogP contribution < -0.4 is 10.3 Å². The molecule has 1 fully saturated rings. The van der Waals surface area contributed by atoms with Gasteiger partial charge in [-0.1, -0.05) is 0 Å². The summed E-state index contributed by atoms with van der Waals surface area (Å²) in [4.78, 5) is 14.7. The third-order valence-corrected chi connectivity index (χ3v) is 3.13. The standard InChI is InChI=1S/C9H11N2O4Se/c12-4-6-5(13)3-8(15-6)11-2-1-7(14)10-9(11)16/h1-2,5-6,8,12-13H,3-4H2/t5-,6+,8+/m0/s1. The van der Waals surface area contributed by atoms with E-state index in [0.29, 0.717) is 11.1 Å². The molecular formula is C9H11N2O4Se. The first kappa shape index (κ1) is 11.8. The van der Waals surface area contributed by atoms with Crippen LogP contribution in [0.5, 0.6) is 0 Å². The average molecular weight is 290 g/mol. The van der Waals surface area contributed by atoms with Crippen molar-refractivity contribution in [2.75, 3.05) is 6.61 Å². The summed E-state index contributed by atoms with van der Waals surface area (Å²) in [6.45, 7) is -0.228. The van der Waals surface area contributed by atoms with Gasteiger partial charge >= 0.3 is 99.3 Å². The molecule has 0 spiro atoms. The van der Waals surface area contributed by atoms with Gasteiger partial charge in [-0.2, -0.15) is 0 Å². The molecule has 2 rings (SSSR count). The van der Waals surface area contributed by atoms with Crippen LogP contribution in [-0.4, -0.2) is 54.6 Å². The van der Waals surface area contributed by atoms with Crippen LogP contribution in [0.25, 0.3) is 0 Å². The van der Waals surface area contributed by atoms with Crippen molar-refractivity contribution >= 4 is 20.7 Å². The Kier molecular flexibility index (Phi) is 3.41. The first-order valence-electron chi connectivity index (χ1n) is 4.82. The van der Waals surface area contributed by atoms with E-state index < -0.39 is 18.4 Å². The number of aliphatic hydroxyl groups excluding tert-OH is 2. The van der Waals surface area contributed by atoms with Gasteiger partial charge in [0, 0.05) is 0 Å². The molecule has 1 aromatic rings. The van der Waals surface area contributed by atoms with Crippen molar-refractivity contribution in [1.82, 2.24) is 9.55 Å². The zero-order valence-corrected chi connectivity index (χ0v) is 10.0. The van der Waals surface area contributed by atoms with E-state index in [0.717, 1.165) is 0 Å². The Morgan fingerprint density at radius 2 is 2.44 bits per heavy atom. The van der Waals surface area contributed by atoms with Gasteiger partial charge in [0.15, 0.2) is 0 Å². The summed E-state index contributed by atoms with van der Waals surface area (Å²) in [7, 11) is 0. The zero-order valence-electron chi connectivity index (χ0n) is 8.31. The minimum atomic E-state index is -0.700. The zero-order chi connectivity index (χ0) is 11.7. The van der Waals surface area contributed by atoms with Crippen molar-refractivity contribution in [3.05, 3.63) is 22.6 Å². The van der Waals surface area contributed by atoms with Crippen molar-refractivity contribution in [3.63, 3.8) is 0 Å². The average Bonchev–Trinajstić information content (AvgIpc) is 2.59. The van der Waals surface area contributed by atoms with Crippen LogP contribution in [-0.2, 0) is 4.74 Å². The van der Waals surface area contributed by atoms with Gasteiger partial charge in [-0.05, 0) is 0 Å². The second-order valence-electron chi connectivity index (χ2n) is 3.57. The summed E-state index contributed by atoms with van der Waals surface area (Å²) in [6.07, 6.45) is 0.233. The normalized spacial score (nSPS) is 29.5. The maximum absolute atomic E-state index is 11.0. The first-order valence-corrected chi connectivity index (χ1v) is 5.68. The molecule has 0 unspecified atom stereocenters. The summed E-state index contributed by atoms with van der Waals surface area (Å²) in [5.74, 6) is 0. The van der Waals surface area contributed by atoms with E-state index in [1.807, 2.05) is 0 Å². The Hall–Kier alpha value is -0.721. The Labute approximate surface area is 99.7 Å². The summed E-state index contributed by atoms with van der Waals surface area (Å²) in [5, 5.41) is 18.5. The van der Waals surface area contributed by atoms with Crippen LogP contribution >= 0.6 is 0 Å². The molecular weight excluding hydrogens is 279 g/mol. The van der Waals surface area contributed by atoms with Gasteiger partial charge in [-0.15, -0.1) is 0 Å². The quantitative estimate of drug-likeness (QED) is 0.597. The van der Waals surface area contributed by atoms with Crippen molar-refractivity contribution < 1.29 is 14.9 Å². The molecule has 0 amide bonds. The van der Waals surface area contributed by atoms with E-state index in [1.54, 1.807) is 10.8 Å². The summed E-state index contributed by atoms with van der Waals surface area (Å²) >= 11 is 2.66. The van der Waals surface area contributed by atoms with Crippen LogP contribution in [0, 0.1) is 0 Å². The minimum absolute atomic E-state index is 0.228. The van der Waals surface area contributed by atoms with Crippen LogP contribution in [0.3, 0.4) is 0 Å². The van der Waals surface area contributed by atoms with E-state index in [-0.39, 0.29) is 12.2 Å². The van der Waals surface area contributed by atoms with E-state index >= 15 is 0 Å². The van der Waals surface area contributed by atoms with Crippen molar-refractivity contribution in [3.8, 4) is 0 Å². The van der Waals surface area contributed by atoms with E-state index in [1.165, 1.54) is 6.07 Å². The predicted octanol–water partition coefficient (Wildman–Crippen LogP) is -2.32. The van der Waals surface area contributed by atoms with Crippen LogP contribution in [0.1, 0.15) is 12.6 Å². The third-order valence-electron chi connectivity index (χ3n) is 2.50. The van der Waals surface area contributed by atoms with Gasteiger partial charge in [0.25, 0.3) is 0 Å². The van der Waals surface area contributed by atoms with Gasteiger partial charge in [0.05, 0.1) is 0 Å². The molecule has 1 aliphatic rings. The van der Waals surface area contributed by atoms with Crippen LogP contribution in [0.2, 0.25) is 0 Å². The van der Waals surface area contributed by atoms with Gasteiger partial charge < -0.3 is 0 Å². The molecule has 1 aromatic heterocycles. The summed E-state index contributed by atoms with van der Waals surface area (Å²) in [6, 6.07) is 1.32. The molecule has 1 radical (unpaired) electrons. The molecule has 7 heteroatoms. The molecule has 87 valence electrons. The number of rotatable bonds is 2.